The van der Waals surface area contributed by atoms with Crippen LogP contribution in [-0.4, -0.2) is 108 Å². The molecule has 85 heavy (non-hydrogen) atoms. The topological polar surface area (TPSA) is 309 Å². The van der Waals surface area contributed by atoms with Gasteiger partial charge in [-0.25, -0.2) is 32.8 Å². The number of aromatic hydroxyl groups is 1. The first-order chi connectivity index (χ1) is 41.2. The van der Waals surface area contributed by atoms with Crippen LogP contribution < -0.4 is 44.9 Å². The maximum atomic E-state index is 12.6. The predicted molar refractivity (Wildman–Crippen MR) is 309 cm³/mol. The van der Waals surface area contributed by atoms with E-state index >= 15 is 0 Å². The summed E-state index contributed by atoms with van der Waals surface area (Å²) in [6.07, 6.45) is 5.37. The summed E-state index contributed by atoms with van der Waals surface area (Å²) in [6.45, 7) is 2.60. The maximum Gasteiger partial charge on any atom is 0.417 e. The van der Waals surface area contributed by atoms with Crippen LogP contribution in [0.25, 0.3) is 22.6 Å². The van der Waals surface area contributed by atoms with E-state index in [2.05, 4.69) is 36.0 Å². The van der Waals surface area contributed by atoms with Crippen molar-refractivity contribution in [2.45, 2.75) is 49.5 Å². The number of para-hydroxylation sites is 3. The molecule has 0 aliphatic carbocycles. The molecular weight excluding hydrogens is 1120 g/mol. The zero-order valence-electron chi connectivity index (χ0n) is 46.3. The first-order valence-electron chi connectivity index (χ1n) is 26.3. The van der Waals surface area contributed by atoms with Gasteiger partial charge in [-0.2, -0.15) is 0 Å². The third-order valence-corrected chi connectivity index (χ3v) is 13.9. The van der Waals surface area contributed by atoms with Crippen LogP contribution in [0.15, 0.2) is 172 Å². The number of hydrogen-bond donors (Lipinski definition) is 6. The first kappa shape index (κ1) is 61.0. The average molecular weight is 1180 g/mol. The number of phenols is 1. The number of ether oxygens (including phenoxy) is 8. The Morgan fingerprint density at radius 2 is 1.13 bits per heavy atom. The Labute approximate surface area is 488 Å². The Balaban J connectivity index is 0.000000173. The highest BCUT2D eigenvalue weighted by Gasteiger charge is 2.23. The van der Waals surface area contributed by atoms with Crippen molar-refractivity contribution in [3.05, 3.63) is 175 Å². The van der Waals surface area contributed by atoms with Crippen LogP contribution in [0.4, 0.5) is 31.4 Å². The number of phenolic OH excluding ortho intramolecular Hbond substituents is 1. The smallest absolute Gasteiger partial charge is 0.417 e. The van der Waals surface area contributed by atoms with Crippen molar-refractivity contribution in [2.24, 2.45) is 0 Å². The van der Waals surface area contributed by atoms with Gasteiger partial charge in [-0.3, -0.25) is 14.8 Å². The van der Waals surface area contributed by atoms with Gasteiger partial charge in [0.2, 0.25) is 5.91 Å². The summed E-state index contributed by atoms with van der Waals surface area (Å²) in [5.41, 5.74) is 5.10. The number of aromatic nitrogens is 2. The van der Waals surface area contributed by atoms with Crippen LogP contribution in [0.2, 0.25) is 0 Å². The number of amides is 4. The lowest BCUT2D eigenvalue weighted by Crippen LogP contribution is -2.28. The van der Waals surface area contributed by atoms with Gasteiger partial charge >= 0.3 is 18.3 Å². The molecule has 2 saturated heterocycles. The van der Waals surface area contributed by atoms with Gasteiger partial charge in [0.15, 0.2) is 24.3 Å². The molecule has 2 atom stereocenters. The molecule has 4 amide bonds. The summed E-state index contributed by atoms with van der Waals surface area (Å²) >= 11 is 0. The number of nitrogens with zero attached hydrogens (tertiary/aromatic N) is 2. The lowest BCUT2D eigenvalue weighted by atomic mass is 10.1. The van der Waals surface area contributed by atoms with Crippen molar-refractivity contribution in [3.63, 3.8) is 0 Å². The molecule has 0 spiro atoms. The van der Waals surface area contributed by atoms with E-state index in [1.54, 1.807) is 110 Å². The molecule has 24 nitrogen and oxygen atoms in total. The summed E-state index contributed by atoms with van der Waals surface area (Å²) in [5.74, 6) is 2.46. The zero-order chi connectivity index (χ0) is 60.0. The van der Waals surface area contributed by atoms with Gasteiger partial charge in [0, 0.05) is 49.4 Å². The molecule has 444 valence electrons. The van der Waals surface area contributed by atoms with Gasteiger partial charge < -0.3 is 67.8 Å². The zero-order valence-corrected chi connectivity index (χ0v) is 47.1. The van der Waals surface area contributed by atoms with E-state index in [4.69, 9.17) is 46.7 Å². The number of anilines is 3. The van der Waals surface area contributed by atoms with Crippen LogP contribution in [-0.2, 0) is 53.3 Å². The molecule has 2 aliphatic rings. The number of hydrogen-bond acceptors (Lipinski definition) is 19. The Bertz CT molecular complexity index is 3440. The largest absolute Gasteiger partial charge is 0.506 e. The van der Waals surface area contributed by atoms with Gasteiger partial charge in [-0.1, -0.05) is 60.7 Å². The number of oxazole rings is 2. The number of carbonyl (C=O) groups excluding carboxylic acids is 4. The van der Waals surface area contributed by atoms with Crippen molar-refractivity contribution < 1.29 is 79.4 Å². The molecule has 4 heterocycles. The molecule has 2 aliphatic heterocycles. The van der Waals surface area contributed by atoms with Crippen molar-refractivity contribution in [1.29, 1.82) is 0 Å². The summed E-state index contributed by atoms with van der Waals surface area (Å²) in [7, 11) is 0.659. The minimum Gasteiger partial charge on any atom is -0.506 e. The molecule has 6 N–H and O–H groups in total. The predicted octanol–water partition coefficient (Wildman–Crippen LogP) is 9.72. The standard InChI is InChI=1S/C24H25N3O6.C23H23N3O7.C13H13NO4S/c1-30-21-11-18(5-6-20(21)22-13-25-15-32-22)27-23(28)10-16-3-2-4-17(9-16)12-26-24(29)33-19-7-8-31-14-19;1-29-20-10-16(5-6-19(20)21-12-24-14-31-21)26-23(28)32-17-4-2-3-15(9-17)11-25-22(27)33-18-7-8-30-13-18;1-18-12-8-4-5-9-13(12)19(16,17)14-10-6-2-3-7-11(10)15/h2-6,9,11,13,15,19H,7-8,10,12,14H2,1H3,(H,26,29)(H,27,28);2-6,9-10,12,14,18H,7-8,11,13H2,1H3,(H,25,27)(H,26,28);2-9,14-15H,1H3/t19-;18-;/m00./s1. The third-order valence-electron chi connectivity index (χ3n) is 12.5. The average Bonchev–Trinajstić information content (AvgIpc) is 4.58. The SMILES string of the molecule is COc1cc(NC(=O)Cc2cccc(CNC(=O)O[C@H]3CCOC3)c2)ccc1-c1cnco1.COc1cc(NC(=O)Oc2cccc(CNC(=O)O[C@H]3CCOC3)c2)ccc1-c1cnco1.COc1ccccc1S(=O)(=O)Nc1ccccc1O. The summed E-state index contributed by atoms with van der Waals surface area (Å²) < 4.78 is 79.5. The van der Waals surface area contributed by atoms with Crippen molar-refractivity contribution in [1.82, 2.24) is 20.6 Å². The Kier molecular flexibility index (Phi) is 21.7. The van der Waals surface area contributed by atoms with E-state index in [0.717, 1.165) is 22.3 Å². The van der Waals surface area contributed by atoms with E-state index in [9.17, 15) is 32.7 Å². The van der Waals surface area contributed by atoms with Gasteiger partial charge in [0.1, 0.15) is 45.9 Å². The monoisotopic (exact) mass is 1180 g/mol. The highest BCUT2D eigenvalue weighted by molar-refractivity contribution is 7.92. The second-order valence-corrected chi connectivity index (χ2v) is 20.2. The van der Waals surface area contributed by atoms with Crippen LogP contribution in [0, 0.1) is 0 Å². The Morgan fingerprint density at radius 1 is 0.588 bits per heavy atom. The molecule has 10 rings (SSSR count). The normalized spacial score (nSPS) is 14.2. The summed E-state index contributed by atoms with van der Waals surface area (Å²) in [5, 5.41) is 20.5. The van der Waals surface area contributed by atoms with E-state index < -0.39 is 28.3 Å². The van der Waals surface area contributed by atoms with Gasteiger partial charge in [-0.15, -0.1) is 0 Å². The Hall–Kier alpha value is -10.1. The molecule has 0 radical (unpaired) electrons. The molecule has 8 aromatic rings. The van der Waals surface area contributed by atoms with Crippen LogP contribution >= 0.6 is 0 Å². The number of carbonyl (C=O) groups is 4. The lowest BCUT2D eigenvalue weighted by molar-refractivity contribution is -0.115. The fourth-order valence-corrected chi connectivity index (χ4v) is 9.64. The molecule has 0 saturated carbocycles. The summed E-state index contributed by atoms with van der Waals surface area (Å²) in [6, 6.07) is 37.1. The van der Waals surface area contributed by atoms with Gasteiger partial charge in [0.25, 0.3) is 10.0 Å². The summed E-state index contributed by atoms with van der Waals surface area (Å²) in [4.78, 5) is 56.6. The highest BCUT2D eigenvalue weighted by Crippen LogP contribution is 2.34. The molecule has 0 unspecified atom stereocenters. The van der Waals surface area contributed by atoms with Crippen molar-refractivity contribution in [2.75, 3.05) is 63.1 Å². The number of nitrogens with one attached hydrogen (secondary N) is 5. The lowest BCUT2D eigenvalue weighted by Gasteiger charge is -2.12. The molecule has 0 bridgehead atoms. The van der Waals surface area contributed by atoms with Crippen LogP contribution in [0.3, 0.4) is 0 Å². The maximum absolute atomic E-state index is 12.6. The van der Waals surface area contributed by atoms with Crippen molar-refractivity contribution in [3.8, 4) is 51.4 Å². The molecule has 2 fully saturated rings. The van der Waals surface area contributed by atoms with E-state index in [0.29, 0.717) is 91.5 Å². The molecule has 2 aromatic heterocycles. The van der Waals surface area contributed by atoms with Crippen LogP contribution in [0.1, 0.15) is 29.5 Å². The fraction of sp³-hybridized carbons (Fsp3) is 0.233. The number of rotatable bonds is 19. The first-order valence-corrected chi connectivity index (χ1v) is 27.8. The molecular formula is C60H61N7O17S. The fourth-order valence-electron chi connectivity index (χ4n) is 8.40. The minimum absolute atomic E-state index is 0.0146. The number of sulfonamides is 1. The number of benzene rings is 6. The second kappa shape index (κ2) is 30.3. The number of alkyl carbamates (subject to hydrolysis) is 2. The molecule has 6 aromatic carbocycles. The van der Waals surface area contributed by atoms with Crippen LogP contribution in [0.5, 0.6) is 28.7 Å². The molecule has 25 heteroatoms. The van der Waals surface area contributed by atoms with Crippen molar-refractivity contribution >= 4 is 51.3 Å². The Morgan fingerprint density at radius 3 is 1.68 bits per heavy atom. The van der Waals surface area contributed by atoms with Gasteiger partial charge in [-0.05, 0) is 77.4 Å². The number of methoxy groups -OCH3 is 3. The van der Waals surface area contributed by atoms with E-state index in [1.807, 2.05) is 24.3 Å². The second-order valence-electron chi connectivity index (χ2n) is 18.5. The van der Waals surface area contributed by atoms with E-state index in [-0.39, 0.29) is 53.2 Å². The van der Waals surface area contributed by atoms with E-state index in [1.165, 1.54) is 45.2 Å². The quantitative estimate of drug-likeness (QED) is 0.0410. The third kappa shape index (κ3) is 18.2. The minimum atomic E-state index is -3.81. The highest BCUT2D eigenvalue weighted by atomic mass is 32.2. The van der Waals surface area contributed by atoms with Gasteiger partial charge in [0.05, 0.1) is 83.4 Å².